The molecule has 0 aliphatic carbocycles. The number of amides is 2. The first kappa shape index (κ1) is 22.5. The zero-order valence-electron chi connectivity index (χ0n) is 16.9. The Balaban J connectivity index is 1.59. The number of β-lactam (4-membered cyclic amide) rings is 1. The first-order valence-electron chi connectivity index (χ1n) is 9.99. The number of hydrogen-bond acceptors (Lipinski definition) is 7. The summed E-state index contributed by atoms with van der Waals surface area (Å²) in [6.07, 6.45) is 0.0966. The van der Waals surface area contributed by atoms with Crippen LogP contribution in [0.4, 0.5) is 0 Å². The first-order valence-corrected chi connectivity index (χ1v) is 12.0. The van der Waals surface area contributed by atoms with Gasteiger partial charge in [-0.3, -0.25) is 9.59 Å². The molecule has 2 fully saturated rings. The number of carbonyl (C=O) groups excluding carboxylic acids is 2. The van der Waals surface area contributed by atoms with Gasteiger partial charge in [0.1, 0.15) is 5.70 Å². The molecule has 3 aliphatic rings. The predicted octanol–water partition coefficient (Wildman–Crippen LogP) is 0.473. The number of nitrogens with zero attached hydrogens (tertiary/aromatic N) is 1. The molecule has 0 aromatic carbocycles. The number of carboxylic acid groups (broad SMARTS) is 1. The highest BCUT2D eigenvalue weighted by Crippen LogP contribution is 2.51. The normalized spacial score (nSPS) is 32.2. The monoisotopic (exact) mass is 443 g/mol. The average Bonchev–Trinajstić information content (AvgIpc) is 3.17. The molecule has 3 heterocycles. The lowest BCUT2D eigenvalue weighted by molar-refractivity contribution is -0.163. The Kier molecular flexibility index (Phi) is 7.19. The third-order valence-corrected chi connectivity index (χ3v) is 8.33. The number of aliphatic carboxylic acids is 1. The molecule has 0 saturated carbocycles. The van der Waals surface area contributed by atoms with E-state index in [9.17, 15) is 24.6 Å². The molecule has 3 aliphatic heterocycles. The Morgan fingerprint density at radius 1 is 1.41 bits per heavy atom. The van der Waals surface area contributed by atoms with Crippen molar-refractivity contribution in [3.05, 3.63) is 10.6 Å². The third kappa shape index (κ3) is 4.45. The van der Waals surface area contributed by atoms with Gasteiger partial charge in [0.25, 0.3) is 0 Å². The van der Waals surface area contributed by atoms with Gasteiger partial charge in [0, 0.05) is 41.0 Å². The van der Waals surface area contributed by atoms with Crippen LogP contribution in [0.1, 0.15) is 27.2 Å². The van der Waals surface area contributed by atoms with Crippen LogP contribution in [0.25, 0.3) is 0 Å². The number of aliphatic hydroxyl groups is 1. The van der Waals surface area contributed by atoms with Gasteiger partial charge in [-0.25, -0.2) is 4.79 Å². The molecule has 0 bridgehead atoms. The van der Waals surface area contributed by atoms with E-state index in [2.05, 4.69) is 10.6 Å². The highest BCUT2D eigenvalue weighted by atomic mass is 32.2. The Morgan fingerprint density at radius 2 is 2.14 bits per heavy atom. The number of thioether (sulfide) groups is 2. The molecule has 162 valence electrons. The molecule has 10 heteroatoms. The van der Waals surface area contributed by atoms with E-state index in [-0.39, 0.29) is 40.8 Å². The first-order chi connectivity index (χ1) is 13.8. The second-order valence-electron chi connectivity index (χ2n) is 7.82. The molecular weight excluding hydrogens is 414 g/mol. The van der Waals surface area contributed by atoms with Gasteiger partial charge >= 0.3 is 5.97 Å². The van der Waals surface area contributed by atoms with Crippen LogP contribution >= 0.6 is 23.5 Å². The van der Waals surface area contributed by atoms with Crippen molar-refractivity contribution in [2.24, 2.45) is 11.8 Å². The zero-order valence-corrected chi connectivity index (χ0v) is 18.5. The van der Waals surface area contributed by atoms with Gasteiger partial charge in [0.2, 0.25) is 11.8 Å². The molecule has 0 radical (unpaired) electrons. The molecule has 3 rings (SSSR count). The molecule has 2 amide bonds. The Hall–Kier alpha value is -1.23. The van der Waals surface area contributed by atoms with E-state index in [1.807, 2.05) is 13.8 Å². The van der Waals surface area contributed by atoms with Gasteiger partial charge < -0.3 is 25.7 Å². The van der Waals surface area contributed by atoms with Crippen molar-refractivity contribution in [3.63, 3.8) is 0 Å². The van der Waals surface area contributed by atoms with E-state index >= 15 is 0 Å². The summed E-state index contributed by atoms with van der Waals surface area (Å²) in [5.74, 6) is -0.708. The van der Waals surface area contributed by atoms with Crippen molar-refractivity contribution in [3.8, 4) is 0 Å². The van der Waals surface area contributed by atoms with Crippen LogP contribution in [0.5, 0.6) is 0 Å². The van der Waals surface area contributed by atoms with E-state index in [1.165, 1.54) is 4.90 Å². The average molecular weight is 444 g/mol. The number of fused-ring (bicyclic) bond motifs is 1. The summed E-state index contributed by atoms with van der Waals surface area (Å²) in [7, 11) is 0. The summed E-state index contributed by atoms with van der Waals surface area (Å²) in [6, 6.07) is 0.00952. The zero-order chi connectivity index (χ0) is 21.3. The van der Waals surface area contributed by atoms with Gasteiger partial charge in [-0.15, -0.1) is 11.8 Å². The van der Waals surface area contributed by atoms with Crippen LogP contribution in [-0.2, 0) is 14.4 Å². The lowest BCUT2D eigenvalue weighted by Crippen LogP contribution is -2.63. The summed E-state index contributed by atoms with van der Waals surface area (Å²) in [4.78, 5) is 37.9. The van der Waals surface area contributed by atoms with Crippen LogP contribution in [0, 0.1) is 11.8 Å². The van der Waals surface area contributed by atoms with E-state index in [1.54, 1.807) is 30.4 Å². The number of carbonyl (C=O) groups is 3. The van der Waals surface area contributed by atoms with E-state index in [0.717, 1.165) is 23.6 Å². The van der Waals surface area contributed by atoms with Crippen LogP contribution in [-0.4, -0.2) is 80.9 Å². The summed E-state index contributed by atoms with van der Waals surface area (Å²) in [5, 5.41) is 26.1. The lowest BCUT2D eigenvalue weighted by Gasteiger charge is -2.46. The van der Waals surface area contributed by atoms with Crippen LogP contribution in [0.2, 0.25) is 0 Å². The SMILES string of the molecule is CCNC(=O)CSC[C@@H]1C[C@H](SC2=C(C(=O)O)N3C(=O)[C@H]([C@@H](C)O)C3[C@H]2C)CN1. The van der Waals surface area contributed by atoms with Crippen LogP contribution in [0.3, 0.4) is 0 Å². The Morgan fingerprint density at radius 3 is 2.76 bits per heavy atom. The van der Waals surface area contributed by atoms with Gasteiger partial charge in [0.15, 0.2) is 0 Å². The fourth-order valence-electron chi connectivity index (χ4n) is 4.40. The quantitative estimate of drug-likeness (QED) is 0.380. The van der Waals surface area contributed by atoms with E-state index in [0.29, 0.717) is 12.3 Å². The minimum absolute atomic E-state index is 0.0410. The molecule has 29 heavy (non-hydrogen) atoms. The Labute approximate surface area is 179 Å². The van der Waals surface area contributed by atoms with Crippen molar-refractivity contribution >= 4 is 41.3 Å². The smallest absolute Gasteiger partial charge is 0.353 e. The number of aliphatic hydroxyl groups excluding tert-OH is 1. The second-order valence-corrected chi connectivity index (χ2v) is 10.2. The number of rotatable bonds is 9. The van der Waals surface area contributed by atoms with Gasteiger partial charge in [-0.05, 0) is 20.3 Å². The molecule has 4 N–H and O–H groups in total. The second kappa shape index (κ2) is 9.28. The fourth-order valence-corrected chi connectivity index (χ4v) is 6.86. The van der Waals surface area contributed by atoms with Crippen molar-refractivity contribution in [2.75, 3.05) is 24.6 Å². The minimum Gasteiger partial charge on any atom is -0.477 e. The van der Waals surface area contributed by atoms with Crippen molar-refractivity contribution in [1.82, 2.24) is 15.5 Å². The molecule has 1 unspecified atom stereocenters. The molecular formula is C19H29N3O5S2. The van der Waals surface area contributed by atoms with Crippen molar-refractivity contribution in [1.29, 1.82) is 0 Å². The summed E-state index contributed by atoms with van der Waals surface area (Å²) < 4.78 is 0. The summed E-state index contributed by atoms with van der Waals surface area (Å²) in [5.41, 5.74) is 0.0865. The molecule has 2 saturated heterocycles. The molecule has 0 aromatic rings. The largest absolute Gasteiger partial charge is 0.477 e. The fraction of sp³-hybridized carbons (Fsp3) is 0.737. The maximum atomic E-state index is 12.4. The number of carboxylic acids is 1. The minimum atomic E-state index is -1.08. The van der Waals surface area contributed by atoms with E-state index in [4.69, 9.17) is 0 Å². The lowest BCUT2D eigenvalue weighted by atomic mass is 9.79. The molecule has 0 aromatic heterocycles. The van der Waals surface area contributed by atoms with Gasteiger partial charge in [-0.1, -0.05) is 6.92 Å². The predicted molar refractivity (Wildman–Crippen MR) is 113 cm³/mol. The maximum Gasteiger partial charge on any atom is 0.353 e. The molecule has 8 nitrogen and oxygen atoms in total. The topological polar surface area (TPSA) is 119 Å². The Bertz CT molecular complexity index is 714. The number of nitrogens with one attached hydrogen (secondary N) is 2. The van der Waals surface area contributed by atoms with Crippen LogP contribution in [0.15, 0.2) is 10.6 Å². The van der Waals surface area contributed by atoms with Crippen LogP contribution < -0.4 is 10.6 Å². The van der Waals surface area contributed by atoms with Crippen molar-refractivity contribution in [2.45, 2.75) is 50.6 Å². The standard InChI is InChI=1S/C19H29N3O5S2/c1-4-20-13(24)8-28-7-11-5-12(6-21-11)29-17-9(2)15-14(10(3)23)18(25)22(15)16(17)19(26)27/h9-12,14-15,21,23H,4-8H2,1-3H3,(H,20,24)(H,26,27)/t9-,10-,11+,12+,14-,15?/m1/s1. The highest BCUT2D eigenvalue weighted by molar-refractivity contribution is 8.03. The van der Waals surface area contributed by atoms with E-state index < -0.39 is 18.0 Å². The summed E-state index contributed by atoms with van der Waals surface area (Å²) >= 11 is 3.14. The van der Waals surface area contributed by atoms with Crippen molar-refractivity contribution < 1.29 is 24.6 Å². The molecule has 0 spiro atoms. The van der Waals surface area contributed by atoms with Gasteiger partial charge in [-0.2, -0.15) is 11.8 Å². The summed E-state index contributed by atoms with van der Waals surface area (Å²) in [6.45, 7) is 6.82. The molecule has 6 atom stereocenters. The maximum absolute atomic E-state index is 12.4. The van der Waals surface area contributed by atoms with Gasteiger partial charge in [0.05, 0.1) is 23.8 Å². The number of hydrogen-bond donors (Lipinski definition) is 4. The third-order valence-electron chi connectivity index (χ3n) is 5.71. The highest BCUT2D eigenvalue weighted by Gasteiger charge is 2.60.